The van der Waals surface area contributed by atoms with Crippen molar-refractivity contribution in [3.63, 3.8) is 0 Å². The molecule has 2 N–H and O–H groups in total. The molecular formula is C15H10FNO2S. The Hall–Kier alpha value is -2.40. The molecule has 5 heteroatoms. The third-order valence-electron chi connectivity index (χ3n) is 2.83. The topological polar surface area (TPSA) is 53.4 Å². The average Bonchev–Trinajstić information content (AvgIpc) is 2.88. The van der Waals surface area contributed by atoms with Crippen LogP contribution < -0.4 is 0 Å². The fourth-order valence-electron chi connectivity index (χ4n) is 1.89. The van der Waals surface area contributed by atoms with E-state index in [-0.39, 0.29) is 17.3 Å². The van der Waals surface area contributed by atoms with Crippen LogP contribution in [0.5, 0.6) is 11.5 Å². The first-order chi connectivity index (χ1) is 9.63. The van der Waals surface area contributed by atoms with Crippen molar-refractivity contribution in [3.05, 3.63) is 53.7 Å². The molecule has 0 fully saturated rings. The summed E-state index contributed by atoms with van der Waals surface area (Å²) in [6.07, 6.45) is 0. The van der Waals surface area contributed by atoms with E-state index in [1.165, 1.54) is 35.6 Å². The van der Waals surface area contributed by atoms with E-state index >= 15 is 0 Å². The second-order valence-electron chi connectivity index (χ2n) is 4.25. The highest BCUT2D eigenvalue weighted by Crippen LogP contribution is 2.35. The Kier molecular flexibility index (Phi) is 3.12. The lowest BCUT2D eigenvalue weighted by Gasteiger charge is -2.01. The summed E-state index contributed by atoms with van der Waals surface area (Å²) in [6.45, 7) is 0. The van der Waals surface area contributed by atoms with Gasteiger partial charge in [-0.3, -0.25) is 0 Å². The van der Waals surface area contributed by atoms with Crippen molar-refractivity contribution < 1.29 is 14.6 Å². The van der Waals surface area contributed by atoms with Crippen molar-refractivity contribution in [1.29, 1.82) is 0 Å². The SMILES string of the molecule is Oc1ccc(-c2csc(-c3cccc(F)c3)n2)c(O)c1. The molecular weight excluding hydrogens is 277 g/mol. The Morgan fingerprint density at radius 3 is 2.65 bits per heavy atom. The molecule has 3 aromatic rings. The molecule has 3 rings (SSSR count). The van der Waals surface area contributed by atoms with E-state index in [0.717, 1.165) is 0 Å². The van der Waals surface area contributed by atoms with E-state index in [2.05, 4.69) is 4.98 Å². The first kappa shape index (κ1) is 12.6. The van der Waals surface area contributed by atoms with Crippen molar-refractivity contribution >= 4 is 11.3 Å². The van der Waals surface area contributed by atoms with Crippen LogP contribution >= 0.6 is 11.3 Å². The number of phenols is 2. The highest BCUT2D eigenvalue weighted by Gasteiger charge is 2.11. The zero-order valence-corrected chi connectivity index (χ0v) is 11.1. The van der Waals surface area contributed by atoms with Gasteiger partial charge in [-0.15, -0.1) is 11.3 Å². The molecule has 0 spiro atoms. The van der Waals surface area contributed by atoms with Crippen molar-refractivity contribution in [3.8, 4) is 33.3 Å². The molecule has 0 bridgehead atoms. The van der Waals surface area contributed by atoms with E-state index in [1.54, 1.807) is 23.6 Å². The zero-order valence-electron chi connectivity index (χ0n) is 10.2. The molecule has 0 aliphatic carbocycles. The Morgan fingerprint density at radius 1 is 1.05 bits per heavy atom. The lowest BCUT2D eigenvalue weighted by atomic mass is 10.1. The number of rotatable bonds is 2. The van der Waals surface area contributed by atoms with Crippen LogP contribution in [0.15, 0.2) is 47.8 Å². The zero-order chi connectivity index (χ0) is 14.1. The van der Waals surface area contributed by atoms with Crippen LogP contribution in [0.25, 0.3) is 21.8 Å². The third kappa shape index (κ3) is 2.35. The standard InChI is InChI=1S/C15H10FNO2S/c16-10-3-1-2-9(6-10)15-17-13(8-20-15)12-5-4-11(18)7-14(12)19/h1-8,18-19H. The fourth-order valence-corrected chi connectivity index (χ4v) is 2.71. The van der Waals surface area contributed by atoms with Crippen molar-refractivity contribution in [2.24, 2.45) is 0 Å². The summed E-state index contributed by atoms with van der Waals surface area (Å²) in [5, 5.41) is 21.5. The number of aromatic nitrogens is 1. The predicted octanol–water partition coefficient (Wildman–Crippen LogP) is 4.03. The quantitative estimate of drug-likeness (QED) is 0.748. The van der Waals surface area contributed by atoms with Crippen molar-refractivity contribution in [2.75, 3.05) is 0 Å². The summed E-state index contributed by atoms with van der Waals surface area (Å²) < 4.78 is 13.2. The van der Waals surface area contributed by atoms with Gasteiger partial charge in [0, 0.05) is 22.6 Å². The van der Waals surface area contributed by atoms with E-state index in [0.29, 0.717) is 21.8 Å². The summed E-state index contributed by atoms with van der Waals surface area (Å²) in [5.41, 5.74) is 1.81. The van der Waals surface area contributed by atoms with Gasteiger partial charge in [-0.2, -0.15) is 0 Å². The van der Waals surface area contributed by atoms with Crippen LogP contribution in [0, 0.1) is 5.82 Å². The van der Waals surface area contributed by atoms with Gasteiger partial charge in [-0.05, 0) is 24.3 Å². The Balaban J connectivity index is 2.02. The monoisotopic (exact) mass is 287 g/mol. The number of aromatic hydroxyl groups is 2. The molecule has 0 saturated heterocycles. The molecule has 0 radical (unpaired) electrons. The minimum absolute atomic E-state index is 0.00756. The average molecular weight is 287 g/mol. The first-order valence-corrected chi connectivity index (χ1v) is 6.75. The van der Waals surface area contributed by atoms with Gasteiger partial charge in [0.2, 0.25) is 0 Å². The highest BCUT2D eigenvalue weighted by atomic mass is 32.1. The maximum Gasteiger partial charge on any atom is 0.128 e. The van der Waals surface area contributed by atoms with Crippen LogP contribution in [0.2, 0.25) is 0 Å². The van der Waals surface area contributed by atoms with Gasteiger partial charge < -0.3 is 10.2 Å². The van der Waals surface area contributed by atoms with E-state index in [1.807, 2.05) is 0 Å². The molecule has 0 aliphatic rings. The molecule has 0 atom stereocenters. The van der Waals surface area contributed by atoms with Crippen molar-refractivity contribution in [1.82, 2.24) is 4.98 Å². The fraction of sp³-hybridized carbons (Fsp3) is 0. The number of hydrogen-bond acceptors (Lipinski definition) is 4. The number of thiazole rings is 1. The summed E-state index contributed by atoms with van der Waals surface area (Å²) in [6, 6.07) is 10.5. The second kappa shape index (κ2) is 4.94. The maximum atomic E-state index is 13.2. The summed E-state index contributed by atoms with van der Waals surface area (Å²) in [5.74, 6) is -0.361. The normalized spacial score (nSPS) is 10.7. The highest BCUT2D eigenvalue weighted by molar-refractivity contribution is 7.13. The molecule has 1 heterocycles. The number of hydrogen-bond donors (Lipinski definition) is 2. The number of benzene rings is 2. The van der Waals surface area contributed by atoms with Gasteiger partial charge in [0.05, 0.1) is 5.69 Å². The van der Waals surface area contributed by atoms with Crippen LogP contribution in [0.4, 0.5) is 4.39 Å². The number of phenolic OH excluding ortho intramolecular Hbond substituents is 2. The Morgan fingerprint density at radius 2 is 1.90 bits per heavy atom. The van der Waals surface area contributed by atoms with Crippen molar-refractivity contribution in [2.45, 2.75) is 0 Å². The van der Waals surface area contributed by atoms with Crippen LogP contribution in [-0.4, -0.2) is 15.2 Å². The largest absolute Gasteiger partial charge is 0.508 e. The smallest absolute Gasteiger partial charge is 0.128 e. The van der Waals surface area contributed by atoms with Gasteiger partial charge in [0.15, 0.2) is 0 Å². The molecule has 0 saturated carbocycles. The Bertz CT molecular complexity index is 770. The van der Waals surface area contributed by atoms with Gasteiger partial charge in [0.1, 0.15) is 22.3 Å². The summed E-state index contributed by atoms with van der Waals surface area (Å²) >= 11 is 1.37. The van der Waals surface area contributed by atoms with Crippen LogP contribution in [0.3, 0.4) is 0 Å². The number of nitrogens with zero attached hydrogens (tertiary/aromatic N) is 1. The Labute approximate surface area is 118 Å². The summed E-state index contributed by atoms with van der Waals surface area (Å²) in [4.78, 5) is 4.39. The van der Waals surface area contributed by atoms with Crippen LogP contribution in [-0.2, 0) is 0 Å². The van der Waals surface area contributed by atoms with Gasteiger partial charge >= 0.3 is 0 Å². The lowest BCUT2D eigenvalue weighted by Crippen LogP contribution is -1.82. The molecule has 0 aliphatic heterocycles. The maximum absolute atomic E-state index is 13.2. The molecule has 3 nitrogen and oxygen atoms in total. The molecule has 0 amide bonds. The first-order valence-electron chi connectivity index (χ1n) is 5.87. The van der Waals surface area contributed by atoms with E-state index in [9.17, 15) is 14.6 Å². The van der Waals surface area contributed by atoms with E-state index in [4.69, 9.17) is 0 Å². The second-order valence-corrected chi connectivity index (χ2v) is 5.11. The minimum Gasteiger partial charge on any atom is -0.508 e. The van der Waals surface area contributed by atoms with Gasteiger partial charge in [-0.1, -0.05) is 12.1 Å². The molecule has 1 aromatic heterocycles. The lowest BCUT2D eigenvalue weighted by molar-refractivity contribution is 0.452. The van der Waals surface area contributed by atoms with Gasteiger partial charge in [-0.25, -0.2) is 9.37 Å². The minimum atomic E-state index is -0.313. The number of halogens is 1. The summed E-state index contributed by atoms with van der Waals surface area (Å²) in [7, 11) is 0. The third-order valence-corrected chi connectivity index (χ3v) is 3.72. The van der Waals surface area contributed by atoms with E-state index < -0.39 is 0 Å². The molecule has 100 valence electrons. The molecule has 20 heavy (non-hydrogen) atoms. The molecule has 0 unspecified atom stereocenters. The molecule has 2 aromatic carbocycles. The van der Waals surface area contributed by atoms with Crippen LogP contribution in [0.1, 0.15) is 0 Å². The van der Waals surface area contributed by atoms with Gasteiger partial charge in [0.25, 0.3) is 0 Å². The predicted molar refractivity (Wildman–Crippen MR) is 76.3 cm³/mol.